The van der Waals surface area contributed by atoms with Crippen LogP contribution in [-0.2, 0) is 16.7 Å². The fourth-order valence-corrected chi connectivity index (χ4v) is 3.24. The average Bonchev–Trinajstić information content (AvgIpc) is 2.64. The van der Waals surface area contributed by atoms with Crippen LogP contribution in [0.2, 0.25) is 0 Å². The molecule has 0 aliphatic heterocycles. The smallest absolute Gasteiger partial charge is 0.208 e. The summed E-state index contributed by atoms with van der Waals surface area (Å²) >= 11 is 1.25. The first-order valence-electron chi connectivity index (χ1n) is 4.80. The molecule has 0 unspecified atom stereocenters. The van der Waals surface area contributed by atoms with Crippen LogP contribution < -0.4 is 16.8 Å². The molecule has 9 heteroatoms. The van der Waals surface area contributed by atoms with Crippen molar-refractivity contribution < 1.29 is 13.0 Å². The lowest BCUT2D eigenvalue weighted by Crippen LogP contribution is -2.15. The fourth-order valence-electron chi connectivity index (χ4n) is 1.61. The Bertz CT molecular complexity index is 730. The van der Waals surface area contributed by atoms with Crippen LogP contribution in [0.5, 0.6) is 0 Å². The maximum Gasteiger partial charge on any atom is 0.208 e. The maximum atomic E-state index is 10.9. The molecule has 0 aliphatic rings. The molecular weight excluding hydrogens is 276 g/mol. The molecule has 18 heavy (non-hydrogen) atoms. The minimum absolute atomic E-state index is 0. The van der Waals surface area contributed by atoms with Crippen molar-refractivity contribution in [3.05, 3.63) is 23.0 Å². The highest BCUT2D eigenvalue weighted by Gasteiger charge is 2.08. The first-order valence-corrected chi connectivity index (χ1v) is 7.03. The van der Waals surface area contributed by atoms with Gasteiger partial charge in [-0.2, -0.15) is 5.10 Å². The quantitative estimate of drug-likeness (QED) is 0.479. The second kappa shape index (κ2) is 5.06. The summed E-state index contributed by atoms with van der Waals surface area (Å²) in [5, 5.41) is 3.62. The lowest BCUT2D eigenvalue weighted by Gasteiger charge is -2.06. The van der Waals surface area contributed by atoms with Crippen molar-refractivity contribution in [2.24, 2.45) is 10.9 Å². The molecule has 6 N–H and O–H groups in total. The van der Waals surface area contributed by atoms with E-state index in [9.17, 15) is 13.0 Å². The van der Waals surface area contributed by atoms with Crippen LogP contribution in [-0.4, -0.2) is 17.5 Å². The van der Waals surface area contributed by atoms with Crippen molar-refractivity contribution in [2.75, 3.05) is 0 Å². The summed E-state index contributed by atoms with van der Waals surface area (Å²) in [6.07, 6.45) is 0. The Morgan fingerprint density at radius 3 is 2.67 bits per heavy atom. The van der Waals surface area contributed by atoms with Gasteiger partial charge in [-0.1, -0.05) is 11.3 Å². The van der Waals surface area contributed by atoms with Gasteiger partial charge in [0, 0.05) is 6.54 Å². The van der Waals surface area contributed by atoms with Crippen LogP contribution in [0.3, 0.4) is 0 Å². The van der Waals surface area contributed by atoms with Gasteiger partial charge in [0.1, 0.15) is 10.1 Å². The van der Waals surface area contributed by atoms with Gasteiger partial charge in [-0.15, -0.1) is 0 Å². The Morgan fingerprint density at radius 2 is 2.17 bits per heavy atom. The summed E-state index contributed by atoms with van der Waals surface area (Å²) in [5.74, 6) is 5.25. The van der Waals surface area contributed by atoms with Gasteiger partial charge in [0.25, 0.3) is 0 Å². The minimum Gasteiger partial charge on any atom is -0.744 e. The van der Waals surface area contributed by atoms with Gasteiger partial charge < -0.3 is 21.1 Å². The van der Waals surface area contributed by atoms with E-state index in [-0.39, 0.29) is 11.0 Å². The van der Waals surface area contributed by atoms with E-state index in [0.29, 0.717) is 16.0 Å². The third-order valence-corrected chi connectivity index (χ3v) is 4.26. The average molecular weight is 290 g/mol. The SMILES string of the molecule is CCn1/c(=N/N)sc2cc(S(=O)(=O)[O-])ccc21.[NH4+]. The van der Waals surface area contributed by atoms with Crippen LogP contribution >= 0.6 is 11.3 Å². The molecule has 100 valence electrons. The first-order chi connectivity index (χ1) is 7.97. The number of thiazole rings is 1. The largest absolute Gasteiger partial charge is 0.744 e. The van der Waals surface area contributed by atoms with Crippen LogP contribution in [0, 0.1) is 0 Å². The zero-order valence-electron chi connectivity index (χ0n) is 9.95. The third-order valence-electron chi connectivity index (χ3n) is 2.37. The van der Waals surface area contributed by atoms with Crippen molar-refractivity contribution in [2.45, 2.75) is 18.4 Å². The third kappa shape index (κ3) is 2.38. The zero-order chi connectivity index (χ0) is 12.6. The van der Waals surface area contributed by atoms with Gasteiger partial charge in [0.15, 0.2) is 0 Å². The van der Waals surface area contributed by atoms with Gasteiger partial charge in [-0.05, 0) is 25.1 Å². The topological polar surface area (TPSA) is 137 Å². The normalized spacial score (nSPS) is 12.7. The minimum atomic E-state index is -4.43. The van der Waals surface area contributed by atoms with Gasteiger partial charge in [-0.25, -0.2) is 8.42 Å². The number of quaternary nitrogens is 1. The molecular formula is C9H14N4O3S2. The molecule has 0 saturated carbocycles. The number of aryl methyl sites for hydroxylation is 1. The highest BCUT2D eigenvalue weighted by Crippen LogP contribution is 2.21. The Labute approximate surface area is 108 Å². The highest BCUT2D eigenvalue weighted by molar-refractivity contribution is 7.85. The van der Waals surface area contributed by atoms with E-state index in [1.54, 1.807) is 6.07 Å². The number of nitrogens with two attached hydrogens (primary N) is 1. The molecule has 1 aromatic heterocycles. The summed E-state index contributed by atoms with van der Waals surface area (Å²) in [4.78, 5) is 0.348. The predicted molar refractivity (Wildman–Crippen MR) is 69.2 cm³/mol. The molecule has 0 atom stereocenters. The zero-order valence-corrected chi connectivity index (χ0v) is 11.6. The predicted octanol–water partition coefficient (Wildman–Crippen LogP) is 0.777. The number of rotatable bonds is 2. The second-order valence-corrected chi connectivity index (χ2v) is 5.73. The summed E-state index contributed by atoms with van der Waals surface area (Å²) in [6, 6.07) is 4.24. The van der Waals surface area contributed by atoms with Crippen molar-refractivity contribution in [3.63, 3.8) is 0 Å². The lowest BCUT2D eigenvalue weighted by atomic mass is 10.3. The molecule has 0 aliphatic carbocycles. The molecule has 0 fully saturated rings. The Hall–Kier alpha value is -1.42. The standard InChI is InChI=1S/C9H11N3O3S2.H3N/c1-2-12-7-4-3-6(17(13,14)15)5-8(7)16-9(12)11-10;/h3-5H,2,10H2,1H3,(H,13,14,15);1H3/b11-9-;. The molecule has 0 saturated heterocycles. The van der Waals surface area contributed by atoms with Crippen LogP contribution in [0.25, 0.3) is 10.2 Å². The van der Waals surface area contributed by atoms with Crippen molar-refractivity contribution in [1.29, 1.82) is 0 Å². The molecule has 0 amide bonds. The van der Waals surface area contributed by atoms with E-state index < -0.39 is 10.1 Å². The molecule has 1 heterocycles. The Morgan fingerprint density at radius 1 is 1.50 bits per heavy atom. The maximum absolute atomic E-state index is 10.9. The van der Waals surface area contributed by atoms with E-state index in [0.717, 1.165) is 5.52 Å². The van der Waals surface area contributed by atoms with Gasteiger partial charge >= 0.3 is 0 Å². The number of benzene rings is 1. The van der Waals surface area contributed by atoms with Crippen LogP contribution in [0.1, 0.15) is 6.92 Å². The lowest BCUT2D eigenvalue weighted by molar-refractivity contribution is 0.463. The molecule has 7 nitrogen and oxygen atoms in total. The van der Waals surface area contributed by atoms with Gasteiger partial charge in [0.05, 0.1) is 15.1 Å². The van der Waals surface area contributed by atoms with Crippen LogP contribution in [0.4, 0.5) is 0 Å². The number of nitrogens with zero attached hydrogens (tertiary/aromatic N) is 2. The van der Waals surface area contributed by atoms with E-state index in [1.807, 2.05) is 11.5 Å². The summed E-state index contributed by atoms with van der Waals surface area (Å²) in [6.45, 7) is 2.60. The number of hydrogen-bond donors (Lipinski definition) is 2. The van der Waals surface area contributed by atoms with E-state index >= 15 is 0 Å². The Kier molecular flexibility index (Phi) is 4.12. The van der Waals surface area contributed by atoms with Crippen molar-refractivity contribution >= 4 is 31.7 Å². The highest BCUT2D eigenvalue weighted by atomic mass is 32.2. The summed E-state index contributed by atoms with van der Waals surface area (Å²) < 4.78 is 35.2. The van der Waals surface area contributed by atoms with Gasteiger partial charge in [0.2, 0.25) is 4.80 Å². The molecule has 2 rings (SSSR count). The second-order valence-electron chi connectivity index (χ2n) is 3.34. The number of aromatic nitrogens is 1. The molecule has 0 spiro atoms. The van der Waals surface area contributed by atoms with Crippen LogP contribution in [0.15, 0.2) is 28.2 Å². The van der Waals surface area contributed by atoms with Crippen molar-refractivity contribution in [3.8, 4) is 0 Å². The van der Waals surface area contributed by atoms with E-state index in [4.69, 9.17) is 5.84 Å². The first kappa shape index (κ1) is 14.6. The number of fused-ring (bicyclic) bond motifs is 1. The van der Waals surface area contributed by atoms with E-state index in [2.05, 4.69) is 5.10 Å². The van der Waals surface area contributed by atoms with Crippen molar-refractivity contribution in [1.82, 2.24) is 10.7 Å². The fraction of sp³-hybridized carbons (Fsp3) is 0.222. The molecule has 0 radical (unpaired) electrons. The monoisotopic (exact) mass is 290 g/mol. The summed E-state index contributed by atoms with van der Waals surface area (Å²) in [5.41, 5.74) is 0.814. The molecule has 1 aromatic carbocycles. The molecule has 2 aromatic rings. The Balaban J connectivity index is 0.00000162. The summed E-state index contributed by atoms with van der Waals surface area (Å²) in [7, 11) is -4.43. The van der Waals surface area contributed by atoms with Gasteiger partial charge in [-0.3, -0.25) is 0 Å². The number of hydrogen-bond acceptors (Lipinski definition) is 6. The van der Waals surface area contributed by atoms with E-state index in [1.165, 1.54) is 23.5 Å². The molecule has 0 bridgehead atoms.